The Morgan fingerprint density at radius 2 is 2.26 bits per heavy atom. The molecule has 6 heteroatoms. The highest BCUT2D eigenvalue weighted by Gasteiger charge is 2.23. The van der Waals surface area contributed by atoms with E-state index in [2.05, 4.69) is 21.8 Å². The number of aromatic nitrogens is 2. The van der Waals surface area contributed by atoms with Crippen molar-refractivity contribution in [2.75, 3.05) is 31.2 Å². The van der Waals surface area contributed by atoms with E-state index in [9.17, 15) is 5.11 Å². The minimum Gasteiger partial charge on any atom is -0.394 e. The van der Waals surface area contributed by atoms with Gasteiger partial charge in [0.15, 0.2) is 0 Å². The molecule has 0 aromatic carbocycles. The summed E-state index contributed by atoms with van der Waals surface area (Å²) in [7, 11) is 0. The van der Waals surface area contributed by atoms with Crippen molar-refractivity contribution in [3.63, 3.8) is 0 Å². The standard InChI is InChI=1S/C13H20ClN3O2/c1-3-4-11-15-12(14)9(2)13(16-11)17-5-6-19-10(7-17)8-18/h10,18H,3-8H2,1-2H3. The molecule has 1 unspecified atom stereocenters. The molecule has 1 aromatic rings. The average Bonchev–Trinajstić information content (AvgIpc) is 2.43. The molecule has 1 aromatic heterocycles. The Labute approximate surface area is 118 Å². The summed E-state index contributed by atoms with van der Waals surface area (Å²) in [6, 6.07) is 0. The lowest BCUT2D eigenvalue weighted by Gasteiger charge is -2.33. The van der Waals surface area contributed by atoms with E-state index in [0.717, 1.165) is 36.6 Å². The minimum atomic E-state index is -0.156. The predicted octanol–water partition coefficient (Wildman–Crippen LogP) is 1.59. The number of ether oxygens (including phenoxy) is 1. The second-order valence-corrected chi connectivity index (χ2v) is 5.11. The first-order valence-corrected chi connectivity index (χ1v) is 7.04. The van der Waals surface area contributed by atoms with E-state index < -0.39 is 0 Å². The first-order valence-electron chi connectivity index (χ1n) is 6.66. The molecule has 0 spiro atoms. The Morgan fingerprint density at radius 1 is 1.47 bits per heavy atom. The Bertz CT molecular complexity index is 442. The molecule has 106 valence electrons. The summed E-state index contributed by atoms with van der Waals surface area (Å²) in [6.07, 6.45) is 1.65. The number of aryl methyl sites for hydroxylation is 1. The maximum atomic E-state index is 9.21. The van der Waals surface area contributed by atoms with Crippen LogP contribution in [0.25, 0.3) is 0 Å². The summed E-state index contributed by atoms with van der Waals surface area (Å²) < 4.78 is 5.46. The fourth-order valence-corrected chi connectivity index (χ4v) is 2.37. The van der Waals surface area contributed by atoms with E-state index in [1.807, 2.05) is 6.92 Å². The van der Waals surface area contributed by atoms with Gasteiger partial charge in [-0.25, -0.2) is 9.97 Å². The lowest BCUT2D eigenvalue weighted by Crippen LogP contribution is -2.44. The fraction of sp³-hybridized carbons (Fsp3) is 0.692. The second-order valence-electron chi connectivity index (χ2n) is 4.75. The number of halogens is 1. The van der Waals surface area contributed by atoms with E-state index in [4.69, 9.17) is 16.3 Å². The van der Waals surface area contributed by atoms with Gasteiger partial charge in [0.2, 0.25) is 0 Å². The van der Waals surface area contributed by atoms with Gasteiger partial charge in [0, 0.05) is 25.1 Å². The van der Waals surface area contributed by atoms with Crippen LogP contribution in [0.5, 0.6) is 0 Å². The van der Waals surface area contributed by atoms with Crippen LogP contribution >= 0.6 is 11.6 Å². The largest absolute Gasteiger partial charge is 0.394 e. The quantitative estimate of drug-likeness (QED) is 0.852. The number of rotatable bonds is 4. The van der Waals surface area contributed by atoms with Gasteiger partial charge in [0.25, 0.3) is 0 Å². The molecular weight excluding hydrogens is 266 g/mol. The molecule has 0 bridgehead atoms. The highest BCUT2D eigenvalue weighted by atomic mass is 35.5. The molecule has 1 atom stereocenters. The maximum absolute atomic E-state index is 9.21. The van der Waals surface area contributed by atoms with E-state index in [0.29, 0.717) is 18.3 Å². The molecule has 1 fully saturated rings. The van der Waals surface area contributed by atoms with Crippen LogP contribution in [0, 0.1) is 6.92 Å². The molecule has 0 radical (unpaired) electrons. The summed E-state index contributed by atoms with van der Waals surface area (Å²) in [5, 5.41) is 9.72. The van der Waals surface area contributed by atoms with E-state index in [1.165, 1.54) is 0 Å². The van der Waals surface area contributed by atoms with Crippen LogP contribution in [-0.2, 0) is 11.2 Å². The predicted molar refractivity (Wildman–Crippen MR) is 74.8 cm³/mol. The van der Waals surface area contributed by atoms with Crippen LogP contribution in [0.3, 0.4) is 0 Å². The molecule has 1 saturated heterocycles. The Hall–Kier alpha value is -0.910. The van der Waals surface area contributed by atoms with Gasteiger partial charge in [-0.2, -0.15) is 0 Å². The second kappa shape index (κ2) is 6.50. The van der Waals surface area contributed by atoms with Crippen LogP contribution in [0.15, 0.2) is 0 Å². The SMILES string of the molecule is CCCc1nc(Cl)c(C)c(N2CCOC(CO)C2)n1. The molecule has 0 aliphatic carbocycles. The molecule has 1 N–H and O–H groups in total. The smallest absolute Gasteiger partial charge is 0.137 e. The third-order valence-electron chi connectivity index (χ3n) is 3.22. The van der Waals surface area contributed by atoms with Gasteiger partial charge in [0.05, 0.1) is 19.3 Å². The van der Waals surface area contributed by atoms with Crippen molar-refractivity contribution in [2.24, 2.45) is 0 Å². The van der Waals surface area contributed by atoms with Crippen molar-refractivity contribution in [1.82, 2.24) is 9.97 Å². The van der Waals surface area contributed by atoms with Crippen LogP contribution in [0.2, 0.25) is 5.15 Å². The lowest BCUT2D eigenvalue weighted by atomic mass is 10.2. The average molecular weight is 286 g/mol. The Kier molecular flexibility index (Phi) is 4.96. The first-order chi connectivity index (χ1) is 9.15. The third-order valence-corrected chi connectivity index (χ3v) is 3.59. The molecule has 1 aliphatic heterocycles. The number of nitrogens with zero attached hydrogens (tertiary/aromatic N) is 3. The minimum absolute atomic E-state index is 0.0240. The van der Waals surface area contributed by atoms with Crippen molar-refractivity contribution in [3.8, 4) is 0 Å². The lowest BCUT2D eigenvalue weighted by molar-refractivity contribution is 0.00331. The van der Waals surface area contributed by atoms with Gasteiger partial charge in [-0.05, 0) is 13.3 Å². The number of aliphatic hydroxyl groups is 1. The summed E-state index contributed by atoms with van der Waals surface area (Å²) in [4.78, 5) is 11.0. The van der Waals surface area contributed by atoms with Crippen LogP contribution in [-0.4, -0.2) is 47.5 Å². The highest BCUT2D eigenvalue weighted by molar-refractivity contribution is 6.30. The molecular formula is C13H20ClN3O2. The zero-order valence-corrected chi connectivity index (χ0v) is 12.2. The van der Waals surface area contributed by atoms with Gasteiger partial charge in [-0.15, -0.1) is 0 Å². The molecule has 0 amide bonds. The molecule has 2 rings (SSSR count). The van der Waals surface area contributed by atoms with Crippen molar-refractivity contribution in [2.45, 2.75) is 32.8 Å². The van der Waals surface area contributed by atoms with Crippen molar-refractivity contribution < 1.29 is 9.84 Å². The Balaban J connectivity index is 2.26. The molecule has 19 heavy (non-hydrogen) atoms. The van der Waals surface area contributed by atoms with E-state index in [-0.39, 0.29) is 12.7 Å². The van der Waals surface area contributed by atoms with Crippen LogP contribution < -0.4 is 4.90 Å². The van der Waals surface area contributed by atoms with Crippen molar-refractivity contribution in [1.29, 1.82) is 0 Å². The summed E-state index contributed by atoms with van der Waals surface area (Å²) >= 11 is 6.19. The first kappa shape index (κ1) is 14.5. The van der Waals surface area contributed by atoms with Crippen molar-refractivity contribution in [3.05, 3.63) is 16.5 Å². The molecule has 5 nitrogen and oxygen atoms in total. The number of hydrogen-bond donors (Lipinski definition) is 1. The Morgan fingerprint density at radius 3 is 2.95 bits per heavy atom. The number of hydrogen-bond acceptors (Lipinski definition) is 5. The number of morpholine rings is 1. The van der Waals surface area contributed by atoms with Gasteiger partial charge in [-0.1, -0.05) is 18.5 Å². The van der Waals surface area contributed by atoms with Crippen LogP contribution in [0.4, 0.5) is 5.82 Å². The number of anilines is 1. The van der Waals surface area contributed by atoms with E-state index >= 15 is 0 Å². The normalized spacial score (nSPS) is 19.8. The summed E-state index contributed by atoms with van der Waals surface area (Å²) in [6.45, 7) is 6.03. The van der Waals surface area contributed by atoms with Gasteiger partial charge >= 0.3 is 0 Å². The number of aliphatic hydroxyl groups excluding tert-OH is 1. The van der Waals surface area contributed by atoms with Gasteiger partial charge in [0.1, 0.15) is 16.8 Å². The summed E-state index contributed by atoms with van der Waals surface area (Å²) in [5.74, 6) is 1.64. The maximum Gasteiger partial charge on any atom is 0.137 e. The van der Waals surface area contributed by atoms with E-state index in [1.54, 1.807) is 0 Å². The highest BCUT2D eigenvalue weighted by Crippen LogP contribution is 2.25. The zero-order valence-electron chi connectivity index (χ0n) is 11.4. The molecule has 1 aliphatic rings. The van der Waals surface area contributed by atoms with Gasteiger partial charge < -0.3 is 14.7 Å². The summed E-state index contributed by atoms with van der Waals surface area (Å²) in [5.41, 5.74) is 0.889. The van der Waals surface area contributed by atoms with Gasteiger partial charge in [-0.3, -0.25) is 0 Å². The topological polar surface area (TPSA) is 58.5 Å². The van der Waals surface area contributed by atoms with Crippen molar-refractivity contribution >= 4 is 17.4 Å². The third kappa shape index (κ3) is 3.35. The molecule has 2 heterocycles. The zero-order chi connectivity index (χ0) is 13.8. The van der Waals surface area contributed by atoms with Crippen LogP contribution in [0.1, 0.15) is 24.7 Å². The monoisotopic (exact) mass is 285 g/mol. The fourth-order valence-electron chi connectivity index (χ4n) is 2.19. The molecule has 0 saturated carbocycles.